The van der Waals surface area contributed by atoms with Crippen molar-refractivity contribution < 1.29 is 14.3 Å². The molecule has 2 N–H and O–H groups in total. The maximum absolute atomic E-state index is 11.1. The molecule has 1 aromatic rings. The molecule has 0 saturated heterocycles. The Balaban J connectivity index is 2.05. The molecule has 0 fully saturated rings. The number of thioether (sulfide) groups is 1. The Morgan fingerprint density at radius 3 is 2.68 bits per heavy atom. The van der Waals surface area contributed by atoms with Crippen LogP contribution in [0.3, 0.4) is 0 Å². The van der Waals surface area contributed by atoms with Gasteiger partial charge in [0.2, 0.25) is 0 Å². The maximum Gasteiger partial charge on any atom is 0.322 e. The summed E-state index contributed by atoms with van der Waals surface area (Å²) in [5.41, 5.74) is 5.62. The van der Waals surface area contributed by atoms with Crippen molar-refractivity contribution in [2.75, 3.05) is 25.2 Å². The predicted molar refractivity (Wildman–Crippen MR) is 78.9 cm³/mol. The highest BCUT2D eigenvalue weighted by Crippen LogP contribution is 2.15. The minimum absolute atomic E-state index is 0.363. The first-order valence-corrected chi connectivity index (χ1v) is 7.46. The fourth-order valence-electron chi connectivity index (χ4n) is 1.33. The molecule has 1 unspecified atom stereocenters. The van der Waals surface area contributed by atoms with Crippen LogP contribution in [0.1, 0.15) is 6.42 Å². The summed E-state index contributed by atoms with van der Waals surface area (Å²) in [4.78, 5) is 11.1. The standard InChI is InChI=1S/C13H18ClNO3S/c1-17-13(16)12(15)6-8-19-9-7-18-11-4-2-10(14)3-5-11/h2-5,12H,6-9,15H2,1H3. The van der Waals surface area contributed by atoms with Crippen LogP contribution in [0.15, 0.2) is 24.3 Å². The second kappa shape index (κ2) is 9.07. The molecule has 0 aromatic heterocycles. The van der Waals surface area contributed by atoms with Crippen molar-refractivity contribution >= 4 is 29.3 Å². The third-order valence-electron chi connectivity index (χ3n) is 2.39. The van der Waals surface area contributed by atoms with Gasteiger partial charge in [0, 0.05) is 10.8 Å². The van der Waals surface area contributed by atoms with Gasteiger partial charge in [0.25, 0.3) is 0 Å². The number of hydrogen-bond donors (Lipinski definition) is 1. The van der Waals surface area contributed by atoms with Gasteiger partial charge in [-0.25, -0.2) is 0 Å². The molecule has 0 aliphatic carbocycles. The van der Waals surface area contributed by atoms with E-state index in [1.165, 1.54) is 7.11 Å². The maximum atomic E-state index is 11.1. The van der Waals surface area contributed by atoms with Gasteiger partial charge >= 0.3 is 5.97 Å². The second-order valence-corrected chi connectivity index (χ2v) is 5.49. The molecule has 1 rings (SSSR count). The molecule has 0 radical (unpaired) electrons. The van der Waals surface area contributed by atoms with Crippen LogP contribution in [0.2, 0.25) is 5.02 Å². The molecule has 19 heavy (non-hydrogen) atoms. The number of carbonyl (C=O) groups is 1. The van der Waals surface area contributed by atoms with Gasteiger partial charge in [-0.2, -0.15) is 11.8 Å². The molecule has 4 nitrogen and oxygen atoms in total. The van der Waals surface area contributed by atoms with Crippen LogP contribution >= 0.6 is 23.4 Å². The van der Waals surface area contributed by atoms with Crippen LogP contribution in [0, 0.1) is 0 Å². The molecule has 1 aromatic carbocycles. The zero-order valence-electron chi connectivity index (χ0n) is 10.8. The number of benzene rings is 1. The van der Waals surface area contributed by atoms with Gasteiger partial charge in [0.15, 0.2) is 0 Å². The highest BCUT2D eigenvalue weighted by atomic mass is 35.5. The van der Waals surface area contributed by atoms with E-state index in [2.05, 4.69) is 4.74 Å². The molecule has 6 heteroatoms. The van der Waals surface area contributed by atoms with Crippen molar-refractivity contribution in [2.24, 2.45) is 5.73 Å². The van der Waals surface area contributed by atoms with Crippen LogP contribution in [0.5, 0.6) is 5.75 Å². The smallest absolute Gasteiger partial charge is 0.322 e. The van der Waals surface area contributed by atoms with Gasteiger partial charge in [0.1, 0.15) is 11.8 Å². The van der Waals surface area contributed by atoms with Gasteiger partial charge in [0.05, 0.1) is 13.7 Å². The fraction of sp³-hybridized carbons (Fsp3) is 0.462. The van der Waals surface area contributed by atoms with Crippen molar-refractivity contribution in [3.8, 4) is 5.75 Å². The molecule has 0 saturated carbocycles. The summed E-state index contributed by atoms with van der Waals surface area (Å²) in [5.74, 6) is 2.09. The lowest BCUT2D eigenvalue weighted by atomic mass is 10.2. The Hall–Kier alpha value is -0.910. The van der Waals surface area contributed by atoms with Crippen molar-refractivity contribution in [1.82, 2.24) is 0 Å². The zero-order valence-corrected chi connectivity index (χ0v) is 12.4. The zero-order chi connectivity index (χ0) is 14.1. The first-order chi connectivity index (χ1) is 9.13. The Morgan fingerprint density at radius 2 is 2.05 bits per heavy atom. The van der Waals surface area contributed by atoms with Crippen LogP contribution in [-0.2, 0) is 9.53 Å². The SMILES string of the molecule is COC(=O)C(N)CCSCCOc1ccc(Cl)cc1. The first-order valence-electron chi connectivity index (χ1n) is 5.93. The van der Waals surface area contributed by atoms with Crippen molar-refractivity contribution in [2.45, 2.75) is 12.5 Å². The lowest BCUT2D eigenvalue weighted by Crippen LogP contribution is -2.32. The molecular weight excluding hydrogens is 286 g/mol. The number of methoxy groups -OCH3 is 1. The summed E-state index contributed by atoms with van der Waals surface area (Å²) < 4.78 is 10.1. The Labute approximate surface area is 122 Å². The molecular formula is C13H18ClNO3S. The van der Waals surface area contributed by atoms with Crippen LogP contribution < -0.4 is 10.5 Å². The molecule has 1 atom stereocenters. The Kier molecular flexibility index (Phi) is 7.70. The second-order valence-electron chi connectivity index (χ2n) is 3.83. The van der Waals surface area contributed by atoms with Crippen LogP contribution in [0.25, 0.3) is 0 Å². The minimum atomic E-state index is -0.533. The van der Waals surface area contributed by atoms with Gasteiger partial charge in [-0.05, 0) is 36.4 Å². The quantitative estimate of drug-likeness (QED) is 0.590. The van der Waals surface area contributed by atoms with E-state index in [0.717, 1.165) is 17.3 Å². The lowest BCUT2D eigenvalue weighted by Gasteiger charge is -2.09. The van der Waals surface area contributed by atoms with E-state index >= 15 is 0 Å². The molecule has 0 spiro atoms. The van der Waals surface area contributed by atoms with Gasteiger partial charge < -0.3 is 15.2 Å². The lowest BCUT2D eigenvalue weighted by molar-refractivity contribution is -0.142. The number of ether oxygens (including phenoxy) is 2. The van der Waals surface area contributed by atoms with E-state index in [9.17, 15) is 4.79 Å². The average Bonchev–Trinajstić information content (AvgIpc) is 2.43. The largest absolute Gasteiger partial charge is 0.493 e. The predicted octanol–water partition coefficient (Wildman–Crippen LogP) is 2.34. The fourth-order valence-corrected chi connectivity index (χ4v) is 2.28. The average molecular weight is 304 g/mol. The number of halogens is 1. The van der Waals surface area contributed by atoms with E-state index in [-0.39, 0.29) is 5.97 Å². The van der Waals surface area contributed by atoms with Crippen LogP contribution in [0.4, 0.5) is 0 Å². The third-order valence-corrected chi connectivity index (χ3v) is 3.62. The van der Waals surface area contributed by atoms with Crippen molar-refractivity contribution in [3.05, 3.63) is 29.3 Å². The molecule has 0 aliphatic rings. The molecule has 0 amide bonds. The van der Waals surface area contributed by atoms with Gasteiger partial charge in [-0.15, -0.1) is 0 Å². The van der Waals surface area contributed by atoms with Crippen molar-refractivity contribution in [1.29, 1.82) is 0 Å². The van der Waals surface area contributed by atoms with Crippen molar-refractivity contribution in [3.63, 3.8) is 0 Å². The first kappa shape index (κ1) is 16.1. The Morgan fingerprint density at radius 1 is 1.37 bits per heavy atom. The monoisotopic (exact) mass is 303 g/mol. The van der Waals surface area contributed by atoms with Crippen LogP contribution in [-0.4, -0.2) is 37.2 Å². The van der Waals surface area contributed by atoms with E-state index in [1.54, 1.807) is 23.9 Å². The van der Waals surface area contributed by atoms with Gasteiger partial charge in [-0.3, -0.25) is 4.79 Å². The molecule has 0 bridgehead atoms. The topological polar surface area (TPSA) is 61.5 Å². The molecule has 106 valence electrons. The normalized spacial score (nSPS) is 11.9. The number of rotatable bonds is 8. The summed E-state index contributed by atoms with van der Waals surface area (Å²) in [6.07, 6.45) is 0.609. The highest BCUT2D eigenvalue weighted by molar-refractivity contribution is 7.99. The summed E-state index contributed by atoms with van der Waals surface area (Å²) in [7, 11) is 1.34. The number of esters is 1. The number of carbonyl (C=O) groups excluding carboxylic acids is 1. The summed E-state index contributed by atoms with van der Waals surface area (Å²) >= 11 is 7.47. The van der Waals surface area contributed by atoms with E-state index in [4.69, 9.17) is 22.1 Å². The summed E-state index contributed by atoms with van der Waals surface area (Å²) in [6.45, 7) is 0.611. The summed E-state index contributed by atoms with van der Waals surface area (Å²) in [6, 6.07) is 6.72. The Bertz CT molecular complexity index is 386. The highest BCUT2D eigenvalue weighted by Gasteiger charge is 2.12. The minimum Gasteiger partial charge on any atom is -0.493 e. The third kappa shape index (κ3) is 6.71. The summed E-state index contributed by atoms with van der Waals surface area (Å²) in [5, 5.41) is 0.693. The molecule has 0 aliphatic heterocycles. The molecule has 0 heterocycles. The number of hydrogen-bond acceptors (Lipinski definition) is 5. The van der Waals surface area contributed by atoms with E-state index in [1.807, 2.05) is 12.1 Å². The number of nitrogens with two attached hydrogens (primary N) is 1. The van der Waals surface area contributed by atoms with Gasteiger partial charge in [-0.1, -0.05) is 11.6 Å². The van der Waals surface area contributed by atoms with E-state index in [0.29, 0.717) is 18.1 Å². The van der Waals surface area contributed by atoms with E-state index < -0.39 is 6.04 Å².